The van der Waals surface area contributed by atoms with Crippen LogP contribution in [0.1, 0.15) is 18.1 Å². The van der Waals surface area contributed by atoms with Crippen LogP contribution in [0.15, 0.2) is 47.4 Å². The Morgan fingerprint density at radius 1 is 1.18 bits per heavy atom. The molecule has 0 aliphatic heterocycles. The Morgan fingerprint density at radius 3 is 2.50 bits per heavy atom. The number of hydrogen-bond donors (Lipinski definition) is 1. The van der Waals surface area contributed by atoms with Crippen LogP contribution in [-0.4, -0.2) is 14.2 Å². The highest BCUT2D eigenvalue weighted by Gasteiger charge is 2.20. The summed E-state index contributed by atoms with van der Waals surface area (Å²) >= 11 is 5.91. The second-order valence-corrected chi connectivity index (χ2v) is 7.14. The van der Waals surface area contributed by atoms with Crippen molar-refractivity contribution in [1.82, 2.24) is 0 Å². The zero-order chi connectivity index (χ0) is 16.3. The Balaban J connectivity index is 2.45. The number of carbonyl (C=O) groups excluding carboxylic acids is 1. The van der Waals surface area contributed by atoms with Crippen molar-refractivity contribution in [2.45, 2.75) is 25.2 Å². The number of para-hydroxylation sites is 1. The molecule has 0 unspecified atom stereocenters. The van der Waals surface area contributed by atoms with Gasteiger partial charge in [-0.25, -0.2) is 8.42 Å². The number of ketones is 1. The van der Waals surface area contributed by atoms with Gasteiger partial charge < -0.3 is 0 Å². The molecule has 2 aromatic rings. The number of aryl methyl sites for hydroxylation is 1. The summed E-state index contributed by atoms with van der Waals surface area (Å²) < 4.78 is 27.8. The zero-order valence-corrected chi connectivity index (χ0v) is 13.8. The van der Waals surface area contributed by atoms with Gasteiger partial charge in [0.05, 0.1) is 10.6 Å². The highest BCUT2D eigenvalue weighted by atomic mass is 35.5. The van der Waals surface area contributed by atoms with E-state index in [1.807, 2.05) is 19.1 Å². The number of rotatable bonds is 5. The lowest BCUT2D eigenvalue weighted by Gasteiger charge is -2.13. The summed E-state index contributed by atoms with van der Waals surface area (Å²) in [5, 5.41) is 0.395. The molecule has 0 bridgehead atoms. The molecule has 0 atom stereocenters. The first-order valence-corrected chi connectivity index (χ1v) is 8.52. The Hall–Kier alpha value is -1.85. The lowest BCUT2D eigenvalue weighted by Crippen LogP contribution is -2.16. The van der Waals surface area contributed by atoms with E-state index in [4.69, 9.17) is 11.6 Å². The minimum atomic E-state index is -3.79. The largest absolute Gasteiger partial charge is 0.300 e. The molecule has 2 rings (SSSR count). The molecule has 0 aromatic heterocycles. The van der Waals surface area contributed by atoms with Crippen LogP contribution in [0.4, 0.5) is 5.69 Å². The molecular formula is C16H16ClNO3S. The second kappa shape index (κ2) is 6.50. The number of nitrogens with one attached hydrogen (secondary N) is 1. The molecule has 0 heterocycles. The van der Waals surface area contributed by atoms with Crippen LogP contribution in [0.2, 0.25) is 5.02 Å². The van der Waals surface area contributed by atoms with Gasteiger partial charge in [0.1, 0.15) is 5.78 Å². The van der Waals surface area contributed by atoms with E-state index in [1.54, 1.807) is 12.1 Å². The summed E-state index contributed by atoms with van der Waals surface area (Å²) in [4.78, 5) is 11.4. The molecule has 0 saturated heterocycles. The summed E-state index contributed by atoms with van der Waals surface area (Å²) in [6, 6.07) is 11.5. The van der Waals surface area contributed by atoms with Crippen LogP contribution in [0.25, 0.3) is 0 Å². The minimum absolute atomic E-state index is 0.0184. The molecule has 0 aliphatic rings. The first-order chi connectivity index (χ1) is 10.3. The van der Waals surface area contributed by atoms with E-state index in [1.165, 1.54) is 25.1 Å². The van der Waals surface area contributed by atoms with E-state index in [9.17, 15) is 13.2 Å². The topological polar surface area (TPSA) is 63.2 Å². The third kappa shape index (κ3) is 3.87. The van der Waals surface area contributed by atoms with E-state index in [0.29, 0.717) is 16.3 Å². The Labute approximate surface area is 135 Å². The smallest absolute Gasteiger partial charge is 0.262 e. The van der Waals surface area contributed by atoms with E-state index in [-0.39, 0.29) is 17.1 Å². The summed E-state index contributed by atoms with van der Waals surface area (Å²) in [7, 11) is -3.79. The average Bonchev–Trinajstić information content (AvgIpc) is 2.40. The van der Waals surface area contributed by atoms with Crippen LogP contribution in [0.3, 0.4) is 0 Å². The SMILES string of the molecule is CC(=O)Cc1cc(Cl)ccc1S(=O)(=O)Nc1ccccc1C. The van der Waals surface area contributed by atoms with Gasteiger partial charge in [0.25, 0.3) is 10.0 Å². The maximum atomic E-state index is 12.6. The number of Topliss-reactive ketones (excluding diaryl/α,β-unsaturated/α-hetero) is 1. The molecule has 116 valence electrons. The van der Waals surface area contributed by atoms with Crippen molar-refractivity contribution in [3.63, 3.8) is 0 Å². The van der Waals surface area contributed by atoms with Gasteiger partial charge >= 0.3 is 0 Å². The first kappa shape index (κ1) is 16.5. The molecule has 0 saturated carbocycles. The van der Waals surface area contributed by atoms with Crippen molar-refractivity contribution >= 4 is 33.1 Å². The fraction of sp³-hybridized carbons (Fsp3) is 0.188. The molecule has 22 heavy (non-hydrogen) atoms. The third-order valence-corrected chi connectivity index (χ3v) is 4.84. The van der Waals surface area contributed by atoms with Crippen LogP contribution < -0.4 is 4.72 Å². The number of anilines is 1. The number of halogens is 1. The summed E-state index contributed by atoms with van der Waals surface area (Å²) in [5.41, 5.74) is 1.71. The second-order valence-electron chi connectivity index (χ2n) is 5.05. The predicted molar refractivity (Wildman–Crippen MR) is 87.8 cm³/mol. The van der Waals surface area contributed by atoms with Gasteiger partial charge in [-0.2, -0.15) is 0 Å². The molecule has 0 fully saturated rings. The number of benzene rings is 2. The summed E-state index contributed by atoms with van der Waals surface area (Å²) in [5.74, 6) is -0.130. The van der Waals surface area contributed by atoms with Gasteiger partial charge in [0.15, 0.2) is 0 Å². The van der Waals surface area contributed by atoms with E-state index >= 15 is 0 Å². The average molecular weight is 338 g/mol. The Kier molecular flexibility index (Phi) is 4.88. The van der Waals surface area contributed by atoms with E-state index in [0.717, 1.165) is 5.56 Å². The van der Waals surface area contributed by atoms with Crippen LogP contribution in [0, 0.1) is 6.92 Å². The number of sulfonamides is 1. The fourth-order valence-electron chi connectivity index (χ4n) is 2.10. The van der Waals surface area contributed by atoms with Crippen molar-refractivity contribution in [3.8, 4) is 0 Å². The van der Waals surface area contributed by atoms with Gasteiger partial charge in [-0.15, -0.1) is 0 Å². The molecule has 0 amide bonds. The molecular weight excluding hydrogens is 322 g/mol. The molecule has 4 nitrogen and oxygen atoms in total. The van der Waals surface area contributed by atoms with E-state index < -0.39 is 10.0 Å². The standard InChI is InChI=1S/C16H16ClNO3S/c1-11-5-3-4-6-15(11)18-22(20,21)16-8-7-14(17)10-13(16)9-12(2)19/h3-8,10,18H,9H2,1-2H3. The monoisotopic (exact) mass is 337 g/mol. The van der Waals surface area contributed by atoms with Crippen molar-refractivity contribution in [3.05, 3.63) is 58.6 Å². The van der Waals surface area contributed by atoms with Crippen LogP contribution in [0.5, 0.6) is 0 Å². The number of carbonyl (C=O) groups is 1. The summed E-state index contributed by atoms with van der Waals surface area (Å²) in [6.07, 6.45) is 0.0184. The lowest BCUT2D eigenvalue weighted by molar-refractivity contribution is -0.116. The molecule has 0 radical (unpaired) electrons. The van der Waals surface area contributed by atoms with Gasteiger partial charge in [0.2, 0.25) is 0 Å². The Morgan fingerprint density at radius 2 is 1.86 bits per heavy atom. The van der Waals surface area contributed by atoms with E-state index in [2.05, 4.69) is 4.72 Å². The van der Waals surface area contributed by atoms with Crippen molar-refractivity contribution in [1.29, 1.82) is 0 Å². The predicted octanol–water partition coefficient (Wildman–Crippen LogP) is 3.58. The third-order valence-electron chi connectivity index (χ3n) is 3.14. The maximum absolute atomic E-state index is 12.6. The van der Waals surface area contributed by atoms with Gasteiger partial charge in [-0.3, -0.25) is 9.52 Å². The number of hydrogen-bond acceptors (Lipinski definition) is 3. The van der Waals surface area contributed by atoms with Crippen LogP contribution in [-0.2, 0) is 21.2 Å². The lowest BCUT2D eigenvalue weighted by atomic mass is 10.1. The first-order valence-electron chi connectivity index (χ1n) is 6.66. The highest BCUT2D eigenvalue weighted by molar-refractivity contribution is 7.92. The van der Waals surface area contributed by atoms with Crippen molar-refractivity contribution in [2.24, 2.45) is 0 Å². The molecule has 0 spiro atoms. The molecule has 1 N–H and O–H groups in total. The fourth-order valence-corrected chi connectivity index (χ4v) is 3.65. The highest BCUT2D eigenvalue weighted by Crippen LogP contribution is 2.25. The zero-order valence-electron chi connectivity index (χ0n) is 12.3. The quantitative estimate of drug-likeness (QED) is 0.907. The van der Waals surface area contributed by atoms with Crippen molar-refractivity contribution in [2.75, 3.05) is 4.72 Å². The Bertz CT molecular complexity index is 816. The summed E-state index contributed by atoms with van der Waals surface area (Å²) in [6.45, 7) is 3.22. The molecule has 6 heteroatoms. The van der Waals surface area contributed by atoms with Gasteiger partial charge in [0, 0.05) is 11.4 Å². The normalized spacial score (nSPS) is 11.2. The van der Waals surface area contributed by atoms with Crippen LogP contribution >= 0.6 is 11.6 Å². The minimum Gasteiger partial charge on any atom is -0.300 e. The molecule has 2 aromatic carbocycles. The maximum Gasteiger partial charge on any atom is 0.262 e. The van der Waals surface area contributed by atoms with Gasteiger partial charge in [-0.1, -0.05) is 29.8 Å². The van der Waals surface area contributed by atoms with Crippen molar-refractivity contribution < 1.29 is 13.2 Å². The molecule has 0 aliphatic carbocycles. The van der Waals surface area contributed by atoms with Gasteiger partial charge in [-0.05, 0) is 49.2 Å².